The maximum Gasteiger partial charge on any atom is 0.281 e. The van der Waals surface area contributed by atoms with Crippen LogP contribution in [-0.2, 0) is 22.7 Å². The molecular formula is C18H15FN2O5. The van der Waals surface area contributed by atoms with Gasteiger partial charge in [0.2, 0.25) is 0 Å². The van der Waals surface area contributed by atoms with Crippen molar-refractivity contribution in [3.8, 4) is 11.5 Å². The molecule has 0 unspecified atom stereocenters. The second-order valence-electron chi connectivity index (χ2n) is 5.89. The van der Waals surface area contributed by atoms with E-state index in [1.165, 1.54) is 24.1 Å². The Morgan fingerprint density at radius 2 is 2.19 bits per heavy atom. The Hall–Kier alpha value is -3.13. The monoisotopic (exact) mass is 358 g/mol. The molecule has 0 saturated carbocycles. The first-order valence-corrected chi connectivity index (χ1v) is 7.86. The summed E-state index contributed by atoms with van der Waals surface area (Å²) in [5.74, 6) is 0.123. The van der Waals surface area contributed by atoms with Crippen molar-refractivity contribution in [2.45, 2.75) is 13.2 Å². The van der Waals surface area contributed by atoms with E-state index in [1.54, 1.807) is 18.2 Å². The van der Waals surface area contributed by atoms with E-state index in [4.69, 9.17) is 14.2 Å². The smallest absolute Gasteiger partial charge is 0.281 e. The van der Waals surface area contributed by atoms with E-state index in [-0.39, 0.29) is 25.7 Å². The van der Waals surface area contributed by atoms with Gasteiger partial charge in [0.15, 0.2) is 12.5 Å². The summed E-state index contributed by atoms with van der Waals surface area (Å²) < 4.78 is 29.9. The van der Waals surface area contributed by atoms with Crippen LogP contribution >= 0.6 is 0 Å². The number of ether oxygens (including phenoxy) is 3. The molecule has 26 heavy (non-hydrogen) atoms. The van der Waals surface area contributed by atoms with Gasteiger partial charge in [0, 0.05) is 22.8 Å². The van der Waals surface area contributed by atoms with Crippen LogP contribution in [0.25, 0.3) is 0 Å². The molecule has 2 aliphatic heterocycles. The van der Waals surface area contributed by atoms with Crippen molar-refractivity contribution in [3.05, 3.63) is 52.8 Å². The number of oxime groups is 1. The lowest BCUT2D eigenvalue weighted by Gasteiger charge is -2.24. The van der Waals surface area contributed by atoms with Crippen molar-refractivity contribution >= 4 is 17.3 Å². The molecule has 1 N–H and O–H groups in total. The van der Waals surface area contributed by atoms with Gasteiger partial charge in [-0.2, -0.15) is 0 Å². The molecule has 2 aromatic rings. The number of carbonyl (C=O) groups excluding carboxylic acids is 1. The Kier molecular flexibility index (Phi) is 3.96. The Bertz CT molecular complexity index is 928. The Morgan fingerprint density at radius 3 is 2.96 bits per heavy atom. The largest absolute Gasteiger partial charge is 0.497 e. The molecule has 0 spiro atoms. The molecule has 0 radical (unpaired) electrons. The van der Waals surface area contributed by atoms with Crippen LogP contribution in [0.5, 0.6) is 11.5 Å². The number of methoxy groups -OCH3 is 1. The predicted octanol–water partition coefficient (Wildman–Crippen LogP) is 2.43. The first-order valence-electron chi connectivity index (χ1n) is 7.86. The first kappa shape index (κ1) is 16.3. The highest BCUT2D eigenvalue weighted by Gasteiger charge is 2.36. The van der Waals surface area contributed by atoms with E-state index >= 15 is 0 Å². The second-order valence-corrected chi connectivity index (χ2v) is 5.89. The predicted molar refractivity (Wildman–Crippen MR) is 89.2 cm³/mol. The van der Waals surface area contributed by atoms with Crippen molar-refractivity contribution in [2.75, 3.05) is 18.8 Å². The molecule has 134 valence electrons. The molecule has 0 aliphatic carbocycles. The van der Waals surface area contributed by atoms with E-state index in [9.17, 15) is 14.4 Å². The van der Waals surface area contributed by atoms with Gasteiger partial charge in [0.1, 0.15) is 17.3 Å². The van der Waals surface area contributed by atoms with Gasteiger partial charge in [-0.05, 0) is 24.3 Å². The average Bonchev–Trinajstić information content (AvgIpc) is 2.92. The van der Waals surface area contributed by atoms with Gasteiger partial charge >= 0.3 is 0 Å². The summed E-state index contributed by atoms with van der Waals surface area (Å²) in [6.07, 6.45) is 0. The van der Waals surface area contributed by atoms with E-state index in [2.05, 4.69) is 5.16 Å². The molecule has 0 bridgehead atoms. The number of carbonyl (C=O) groups is 1. The number of halogens is 1. The third-order valence-electron chi connectivity index (χ3n) is 4.38. The summed E-state index contributed by atoms with van der Waals surface area (Å²) in [4.78, 5) is 14.1. The third-order valence-corrected chi connectivity index (χ3v) is 4.38. The van der Waals surface area contributed by atoms with Gasteiger partial charge in [0.05, 0.1) is 25.9 Å². The normalized spacial score (nSPS) is 17.1. The van der Waals surface area contributed by atoms with E-state index in [0.717, 1.165) is 0 Å². The topological polar surface area (TPSA) is 80.6 Å². The number of benzene rings is 2. The van der Waals surface area contributed by atoms with Crippen molar-refractivity contribution in [2.24, 2.45) is 5.16 Å². The van der Waals surface area contributed by atoms with Crippen LogP contribution in [0, 0.1) is 5.82 Å². The number of anilines is 1. The number of rotatable bonds is 3. The average molecular weight is 358 g/mol. The van der Waals surface area contributed by atoms with Gasteiger partial charge in [-0.1, -0.05) is 5.16 Å². The van der Waals surface area contributed by atoms with Crippen molar-refractivity contribution in [1.29, 1.82) is 0 Å². The van der Waals surface area contributed by atoms with Gasteiger partial charge < -0.3 is 24.3 Å². The van der Waals surface area contributed by atoms with Gasteiger partial charge in [-0.15, -0.1) is 0 Å². The molecule has 0 atom stereocenters. The highest BCUT2D eigenvalue weighted by molar-refractivity contribution is 6.54. The van der Waals surface area contributed by atoms with E-state index in [1.807, 2.05) is 0 Å². The molecule has 4 rings (SSSR count). The van der Waals surface area contributed by atoms with Crippen LogP contribution in [-0.4, -0.2) is 30.7 Å². The van der Waals surface area contributed by atoms with Gasteiger partial charge in [-0.25, -0.2) is 4.39 Å². The molecule has 2 heterocycles. The third kappa shape index (κ3) is 2.55. The Balaban J connectivity index is 1.78. The zero-order chi connectivity index (χ0) is 18.3. The molecule has 0 aromatic heterocycles. The lowest BCUT2D eigenvalue weighted by atomic mass is 10.1. The summed E-state index contributed by atoms with van der Waals surface area (Å²) in [6.45, 7) is 0.354. The van der Waals surface area contributed by atoms with Crippen molar-refractivity contribution < 1.29 is 28.6 Å². The summed E-state index contributed by atoms with van der Waals surface area (Å²) >= 11 is 0. The van der Waals surface area contributed by atoms with Crippen LogP contribution < -0.4 is 14.4 Å². The molecular weight excluding hydrogens is 343 g/mol. The molecule has 7 nitrogen and oxygen atoms in total. The molecule has 8 heteroatoms. The second kappa shape index (κ2) is 6.30. The quantitative estimate of drug-likeness (QED) is 0.673. The standard InChI is InChI=1S/C18H15FN2O5/c1-24-13-2-3-14-15(6-13)21(18(22)16(14)20-23)7-10-4-12(19)5-11-8-25-9-26-17(10)11/h2-6,23H,7-9H2,1H3/b20-16-. The maximum atomic E-state index is 14.0. The van der Waals surface area contributed by atoms with Crippen LogP contribution in [0.4, 0.5) is 10.1 Å². The van der Waals surface area contributed by atoms with E-state index < -0.39 is 11.7 Å². The molecule has 1 amide bonds. The lowest BCUT2D eigenvalue weighted by Crippen LogP contribution is -2.30. The van der Waals surface area contributed by atoms with Crippen LogP contribution in [0.15, 0.2) is 35.5 Å². The fourth-order valence-corrected chi connectivity index (χ4v) is 3.21. The highest BCUT2D eigenvalue weighted by Crippen LogP contribution is 2.37. The fourth-order valence-electron chi connectivity index (χ4n) is 3.21. The minimum Gasteiger partial charge on any atom is -0.497 e. The van der Waals surface area contributed by atoms with Crippen LogP contribution in [0.2, 0.25) is 0 Å². The van der Waals surface area contributed by atoms with E-state index in [0.29, 0.717) is 33.9 Å². The number of fused-ring (bicyclic) bond motifs is 2. The molecule has 2 aliphatic rings. The minimum atomic E-state index is -0.485. The number of hydrogen-bond acceptors (Lipinski definition) is 6. The van der Waals surface area contributed by atoms with Crippen LogP contribution in [0.1, 0.15) is 16.7 Å². The highest BCUT2D eigenvalue weighted by atomic mass is 19.1. The first-order chi connectivity index (χ1) is 12.6. The molecule has 2 aromatic carbocycles. The SMILES string of the molecule is COc1ccc2c(c1)N(Cc1cc(F)cc3c1OCOC3)C(=O)/C2=N\O. The molecule has 0 fully saturated rings. The Morgan fingerprint density at radius 1 is 1.35 bits per heavy atom. The summed E-state index contributed by atoms with van der Waals surface area (Å²) in [5.41, 5.74) is 2.02. The van der Waals surface area contributed by atoms with Crippen LogP contribution in [0.3, 0.4) is 0 Å². The minimum absolute atomic E-state index is 0.0537. The zero-order valence-corrected chi connectivity index (χ0v) is 13.9. The van der Waals surface area contributed by atoms with Crippen molar-refractivity contribution in [1.82, 2.24) is 0 Å². The number of hydrogen-bond donors (Lipinski definition) is 1. The summed E-state index contributed by atoms with van der Waals surface area (Å²) in [7, 11) is 1.51. The maximum absolute atomic E-state index is 14.0. The van der Waals surface area contributed by atoms with Gasteiger partial charge in [-0.3, -0.25) is 4.79 Å². The summed E-state index contributed by atoms with van der Waals surface area (Å²) in [6, 6.07) is 7.66. The fraction of sp³-hybridized carbons (Fsp3) is 0.222. The molecule has 0 saturated heterocycles. The zero-order valence-electron chi connectivity index (χ0n) is 13.9. The van der Waals surface area contributed by atoms with Crippen molar-refractivity contribution in [3.63, 3.8) is 0 Å². The summed E-state index contributed by atoms with van der Waals surface area (Å²) in [5, 5.41) is 12.4. The number of nitrogens with zero attached hydrogens (tertiary/aromatic N) is 2. The number of amides is 1. The lowest BCUT2D eigenvalue weighted by molar-refractivity contribution is -0.112. The Labute approximate surface area is 148 Å². The van der Waals surface area contributed by atoms with Gasteiger partial charge in [0.25, 0.3) is 5.91 Å².